The Labute approximate surface area is 121 Å². The van der Waals surface area contributed by atoms with Gasteiger partial charge < -0.3 is 15.0 Å². The van der Waals surface area contributed by atoms with Crippen LogP contribution in [0.1, 0.15) is 34.8 Å². The first-order chi connectivity index (χ1) is 10.1. The molecule has 6 nitrogen and oxygen atoms in total. The molecule has 1 aliphatic carbocycles. The molecule has 1 aliphatic rings. The number of aromatic carboxylic acids is 1. The third-order valence-corrected chi connectivity index (χ3v) is 3.44. The van der Waals surface area contributed by atoms with Crippen molar-refractivity contribution in [3.63, 3.8) is 0 Å². The number of hydrogen-bond acceptors (Lipinski definition) is 4. The van der Waals surface area contributed by atoms with Crippen molar-refractivity contribution in [2.45, 2.75) is 25.4 Å². The third-order valence-electron chi connectivity index (χ3n) is 3.44. The highest BCUT2D eigenvalue weighted by atomic mass is 16.4. The molecule has 0 amide bonds. The molecular weight excluding hydrogens is 270 g/mol. The first-order valence-electron chi connectivity index (χ1n) is 6.78. The van der Waals surface area contributed by atoms with E-state index in [4.69, 9.17) is 5.11 Å². The minimum Gasteiger partial charge on any atom is -0.478 e. The van der Waals surface area contributed by atoms with Crippen molar-refractivity contribution in [1.82, 2.24) is 9.55 Å². The molecule has 1 saturated carbocycles. The lowest BCUT2D eigenvalue weighted by atomic mass is 10.1. The molecule has 0 unspecified atom stereocenters. The molecule has 1 heterocycles. The predicted molar refractivity (Wildman–Crippen MR) is 77.5 cm³/mol. The number of rotatable bonds is 5. The van der Waals surface area contributed by atoms with Crippen molar-refractivity contribution in [2.75, 3.05) is 5.32 Å². The van der Waals surface area contributed by atoms with Crippen LogP contribution in [0.25, 0.3) is 0 Å². The van der Waals surface area contributed by atoms with Gasteiger partial charge in [-0.3, -0.25) is 4.79 Å². The van der Waals surface area contributed by atoms with Crippen molar-refractivity contribution >= 4 is 11.8 Å². The highest BCUT2D eigenvalue weighted by Crippen LogP contribution is 2.33. The highest BCUT2D eigenvalue weighted by molar-refractivity contribution is 5.87. The van der Waals surface area contributed by atoms with Crippen LogP contribution >= 0.6 is 0 Å². The van der Waals surface area contributed by atoms with Crippen LogP contribution in [-0.2, 0) is 6.54 Å². The molecule has 108 valence electrons. The summed E-state index contributed by atoms with van der Waals surface area (Å²) in [5, 5.41) is 11.9. The molecule has 6 heteroatoms. The standard InChI is InChI=1S/C15H15N3O3/c19-14-13(16-6-7-18(14)12-4-5-12)17-9-10-2-1-3-11(8-10)15(20)21/h1-3,6-8,12H,4-5,9H2,(H,16,17)(H,20,21). The Morgan fingerprint density at radius 3 is 2.95 bits per heavy atom. The second-order valence-electron chi connectivity index (χ2n) is 5.08. The molecule has 0 bridgehead atoms. The second-order valence-corrected chi connectivity index (χ2v) is 5.08. The SMILES string of the molecule is O=C(O)c1cccc(CNc2nccn(C3CC3)c2=O)c1. The first kappa shape index (κ1) is 13.4. The van der Waals surface area contributed by atoms with Crippen molar-refractivity contribution in [2.24, 2.45) is 0 Å². The lowest BCUT2D eigenvalue weighted by Crippen LogP contribution is -2.23. The van der Waals surface area contributed by atoms with Gasteiger partial charge in [-0.1, -0.05) is 12.1 Å². The van der Waals surface area contributed by atoms with E-state index in [9.17, 15) is 9.59 Å². The molecule has 2 N–H and O–H groups in total. The minimum absolute atomic E-state index is 0.130. The van der Waals surface area contributed by atoms with Gasteiger partial charge in [-0.05, 0) is 30.5 Å². The smallest absolute Gasteiger partial charge is 0.335 e. The van der Waals surface area contributed by atoms with Gasteiger partial charge in [0.15, 0.2) is 5.82 Å². The van der Waals surface area contributed by atoms with Crippen LogP contribution < -0.4 is 10.9 Å². The molecule has 2 aromatic rings. The van der Waals surface area contributed by atoms with Crippen LogP contribution in [0.2, 0.25) is 0 Å². The maximum Gasteiger partial charge on any atom is 0.335 e. The average Bonchev–Trinajstić information content (AvgIpc) is 3.31. The molecule has 0 spiro atoms. The summed E-state index contributed by atoms with van der Waals surface area (Å²) in [6.07, 6.45) is 5.37. The van der Waals surface area contributed by atoms with E-state index in [0.29, 0.717) is 18.4 Å². The fraction of sp³-hybridized carbons (Fsp3) is 0.267. The maximum absolute atomic E-state index is 12.2. The Bertz CT molecular complexity index is 735. The molecular formula is C15H15N3O3. The summed E-state index contributed by atoms with van der Waals surface area (Å²) in [4.78, 5) is 27.2. The van der Waals surface area contributed by atoms with E-state index in [2.05, 4.69) is 10.3 Å². The number of nitrogens with one attached hydrogen (secondary N) is 1. The quantitative estimate of drug-likeness (QED) is 0.876. The van der Waals surface area contributed by atoms with Crippen LogP contribution in [0, 0.1) is 0 Å². The molecule has 1 fully saturated rings. The monoisotopic (exact) mass is 285 g/mol. The molecule has 0 radical (unpaired) electrons. The number of nitrogens with zero attached hydrogens (tertiary/aromatic N) is 2. The number of carboxylic acid groups (broad SMARTS) is 1. The third kappa shape index (κ3) is 2.94. The molecule has 0 atom stereocenters. The van der Waals surface area contributed by atoms with Gasteiger partial charge in [0.05, 0.1) is 5.56 Å². The fourth-order valence-corrected chi connectivity index (χ4v) is 2.19. The van der Waals surface area contributed by atoms with Crippen LogP contribution in [0.3, 0.4) is 0 Å². The largest absolute Gasteiger partial charge is 0.478 e. The molecule has 0 saturated heterocycles. The molecule has 1 aromatic carbocycles. The summed E-state index contributed by atoms with van der Waals surface area (Å²) in [7, 11) is 0. The van der Waals surface area contributed by atoms with Gasteiger partial charge in [-0.2, -0.15) is 0 Å². The van der Waals surface area contributed by atoms with Crippen molar-refractivity contribution in [3.8, 4) is 0 Å². The normalized spacial score (nSPS) is 13.9. The lowest BCUT2D eigenvalue weighted by Gasteiger charge is -2.08. The van der Waals surface area contributed by atoms with Gasteiger partial charge in [0, 0.05) is 25.0 Å². The average molecular weight is 285 g/mol. The number of aromatic nitrogens is 2. The van der Waals surface area contributed by atoms with E-state index >= 15 is 0 Å². The molecule has 21 heavy (non-hydrogen) atoms. The van der Waals surface area contributed by atoms with Crippen LogP contribution in [0.4, 0.5) is 5.82 Å². The van der Waals surface area contributed by atoms with Gasteiger partial charge >= 0.3 is 5.97 Å². The van der Waals surface area contributed by atoms with Crippen LogP contribution in [-0.4, -0.2) is 20.6 Å². The zero-order valence-corrected chi connectivity index (χ0v) is 11.3. The molecule has 3 rings (SSSR count). The first-order valence-corrected chi connectivity index (χ1v) is 6.78. The van der Waals surface area contributed by atoms with E-state index in [-0.39, 0.29) is 11.1 Å². The Balaban J connectivity index is 1.76. The van der Waals surface area contributed by atoms with Crippen LogP contribution in [0.5, 0.6) is 0 Å². The van der Waals surface area contributed by atoms with Gasteiger partial charge in [0.1, 0.15) is 0 Å². The fourth-order valence-electron chi connectivity index (χ4n) is 2.19. The number of benzene rings is 1. The second kappa shape index (κ2) is 5.40. The van der Waals surface area contributed by atoms with E-state index in [1.165, 1.54) is 6.07 Å². The van der Waals surface area contributed by atoms with Gasteiger partial charge in [-0.15, -0.1) is 0 Å². The van der Waals surface area contributed by atoms with Crippen LogP contribution in [0.15, 0.2) is 41.5 Å². The maximum atomic E-state index is 12.2. The van der Waals surface area contributed by atoms with Gasteiger partial charge in [0.2, 0.25) is 0 Å². The number of hydrogen-bond donors (Lipinski definition) is 2. The van der Waals surface area contributed by atoms with E-state index in [0.717, 1.165) is 18.4 Å². The molecule has 0 aliphatic heterocycles. The van der Waals surface area contributed by atoms with E-state index in [1.54, 1.807) is 29.1 Å². The van der Waals surface area contributed by atoms with Crippen molar-refractivity contribution in [1.29, 1.82) is 0 Å². The number of carbonyl (C=O) groups is 1. The zero-order valence-electron chi connectivity index (χ0n) is 11.3. The van der Waals surface area contributed by atoms with Gasteiger partial charge in [-0.25, -0.2) is 9.78 Å². The topological polar surface area (TPSA) is 84.2 Å². The zero-order chi connectivity index (χ0) is 14.8. The summed E-state index contributed by atoms with van der Waals surface area (Å²) >= 11 is 0. The number of carboxylic acids is 1. The Morgan fingerprint density at radius 1 is 1.43 bits per heavy atom. The summed E-state index contributed by atoms with van der Waals surface area (Å²) in [6.45, 7) is 0.359. The number of anilines is 1. The lowest BCUT2D eigenvalue weighted by molar-refractivity contribution is 0.0697. The molecule has 1 aromatic heterocycles. The minimum atomic E-state index is -0.967. The highest BCUT2D eigenvalue weighted by Gasteiger charge is 2.25. The Morgan fingerprint density at radius 2 is 2.24 bits per heavy atom. The van der Waals surface area contributed by atoms with E-state index < -0.39 is 5.97 Å². The Kier molecular flexibility index (Phi) is 3.43. The van der Waals surface area contributed by atoms with Crippen molar-refractivity contribution in [3.05, 3.63) is 58.1 Å². The van der Waals surface area contributed by atoms with Gasteiger partial charge in [0.25, 0.3) is 5.56 Å². The summed E-state index contributed by atoms with van der Waals surface area (Å²) in [6, 6.07) is 6.91. The summed E-state index contributed by atoms with van der Waals surface area (Å²) < 4.78 is 1.70. The summed E-state index contributed by atoms with van der Waals surface area (Å²) in [5.74, 6) is -0.670. The van der Waals surface area contributed by atoms with E-state index in [1.807, 2.05) is 6.07 Å². The Hall–Kier alpha value is -2.63. The van der Waals surface area contributed by atoms with Crippen molar-refractivity contribution < 1.29 is 9.90 Å². The summed E-state index contributed by atoms with van der Waals surface area (Å²) in [5.41, 5.74) is 0.887. The predicted octanol–water partition coefficient (Wildman–Crippen LogP) is 1.89.